The van der Waals surface area contributed by atoms with Gasteiger partial charge in [-0.15, -0.1) is 0 Å². The number of rotatable bonds is 3. The number of hydrogen-bond acceptors (Lipinski definition) is 3. The number of hydrogen-bond donors (Lipinski definition) is 1. The van der Waals surface area contributed by atoms with E-state index in [1.165, 1.54) is 25.9 Å². The molecule has 2 aromatic rings. The summed E-state index contributed by atoms with van der Waals surface area (Å²) in [6.07, 6.45) is 10.3. The summed E-state index contributed by atoms with van der Waals surface area (Å²) in [5.41, 5.74) is 2.69. The molecular formula is C21H26N2O. The van der Waals surface area contributed by atoms with Gasteiger partial charge in [-0.3, -0.25) is 4.98 Å². The Kier molecular flexibility index (Phi) is 4.38. The Bertz CT molecular complexity index is 654. The maximum Gasteiger partial charge on any atom is 0.0897 e. The van der Waals surface area contributed by atoms with E-state index in [0.29, 0.717) is 6.04 Å². The molecule has 1 N–H and O–H groups in total. The highest BCUT2D eigenvalue weighted by Gasteiger charge is 2.37. The number of aliphatic hydroxyl groups is 1. The van der Waals surface area contributed by atoms with Gasteiger partial charge in [0.05, 0.1) is 5.60 Å². The molecule has 1 saturated carbocycles. The van der Waals surface area contributed by atoms with Crippen molar-refractivity contribution in [2.45, 2.75) is 50.2 Å². The number of pyridine rings is 1. The van der Waals surface area contributed by atoms with Crippen molar-refractivity contribution in [1.29, 1.82) is 0 Å². The van der Waals surface area contributed by atoms with Crippen molar-refractivity contribution in [3.63, 3.8) is 0 Å². The summed E-state index contributed by atoms with van der Waals surface area (Å²) in [4.78, 5) is 6.81. The first-order valence-corrected chi connectivity index (χ1v) is 9.22. The Labute approximate surface area is 144 Å². The van der Waals surface area contributed by atoms with Gasteiger partial charge in [0.1, 0.15) is 0 Å². The zero-order valence-corrected chi connectivity index (χ0v) is 14.2. The zero-order chi connectivity index (χ0) is 16.4. The van der Waals surface area contributed by atoms with Crippen LogP contribution in [0, 0.1) is 0 Å². The van der Waals surface area contributed by atoms with E-state index in [1.807, 2.05) is 12.3 Å². The number of likely N-dealkylation sites (tertiary alicyclic amines) is 1. The van der Waals surface area contributed by atoms with E-state index in [4.69, 9.17) is 0 Å². The van der Waals surface area contributed by atoms with Crippen molar-refractivity contribution < 1.29 is 5.11 Å². The molecule has 0 spiro atoms. The molecule has 2 aliphatic rings. The van der Waals surface area contributed by atoms with Gasteiger partial charge in [-0.1, -0.05) is 30.3 Å². The third-order valence-electron chi connectivity index (χ3n) is 5.86. The summed E-state index contributed by atoms with van der Waals surface area (Å²) in [6, 6.07) is 13.1. The Hall–Kier alpha value is -1.71. The van der Waals surface area contributed by atoms with Crippen molar-refractivity contribution >= 4 is 0 Å². The largest absolute Gasteiger partial charge is 0.385 e. The molecule has 0 atom stereocenters. The standard InChI is InChI=1S/C21H26N2O/c24-21(11-9-20(10-12-21)23-14-1-2-15-23)19-7-5-17(6-8-19)18-4-3-13-22-16-18/h3-8,13,16,20,24H,1-2,9-12,14-15H2. The van der Waals surface area contributed by atoms with E-state index in [-0.39, 0.29) is 0 Å². The SMILES string of the molecule is OC1(c2ccc(-c3cccnc3)cc2)CCC(N2CCCC2)CC1. The van der Waals surface area contributed by atoms with Gasteiger partial charge in [0.15, 0.2) is 0 Å². The van der Waals surface area contributed by atoms with Crippen LogP contribution in [0.2, 0.25) is 0 Å². The van der Waals surface area contributed by atoms with Crippen LogP contribution in [0.5, 0.6) is 0 Å². The van der Waals surface area contributed by atoms with Crippen LogP contribution in [0.1, 0.15) is 44.1 Å². The van der Waals surface area contributed by atoms with Gasteiger partial charge in [-0.25, -0.2) is 0 Å². The predicted octanol–water partition coefficient (Wildman–Crippen LogP) is 3.97. The van der Waals surface area contributed by atoms with E-state index in [2.05, 4.69) is 40.2 Å². The first kappa shape index (κ1) is 15.8. The average Bonchev–Trinajstić information content (AvgIpc) is 3.18. The fraction of sp³-hybridized carbons (Fsp3) is 0.476. The average molecular weight is 322 g/mol. The molecule has 4 rings (SSSR count). The minimum absolute atomic E-state index is 0.649. The molecule has 24 heavy (non-hydrogen) atoms. The zero-order valence-electron chi connectivity index (χ0n) is 14.2. The second-order valence-electron chi connectivity index (χ2n) is 7.32. The quantitative estimate of drug-likeness (QED) is 0.929. The van der Waals surface area contributed by atoms with Crippen LogP contribution in [0.15, 0.2) is 48.8 Å². The third kappa shape index (κ3) is 3.11. The van der Waals surface area contributed by atoms with Gasteiger partial charge in [-0.2, -0.15) is 0 Å². The first-order chi connectivity index (χ1) is 11.7. The molecule has 0 amide bonds. The summed E-state index contributed by atoms with van der Waals surface area (Å²) in [5.74, 6) is 0. The highest BCUT2D eigenvalue weighted by Crippen LogP contribution is 2.39. The Morgan fingerprint density at radius 3 is 2.29 bits per heavy atom. The fourth-order valence-corrected chi connectivity index (χ4v) is 4.35. The molecule has 1 aliphatic heterocycles. The third-order valence-corrected chi connectivity index (χ3v) is 5.86. The lowest BCUT2D eigenvalue weighted by Gasteiger charge is -2.40. The van der Waals surface area contributed by atoms with Crippen molar-refractivity contribution in [2.75, 3.05) is 13.1 Å². The molecule has 2 fully saturated rings. The topological polar surface area (TPSA) is 36.4 Å². The minimum atomic E-state index is -0.649. The molecule has 1 aromatic heterocycles. The Morgan fingerprint density at radius 2 is 1.67 bits per heavy atom. The lowest BCUT2D eigenvalue weighted by molar-refractivity contribution is -0.0221. The van der Waals surface area contributed by atoms with Crippen molar-refractivity contribution in [1.82, 2.24) is 9.88 Å². The van der Waals surface area contributed by atoms with Gasteiger partial charge in [0, 0.05) is 18.4 Å². The summed E-state index contributed by atoms with van der Waals surface area (Å²) in [6.45, 7) is 2.51. The second-order valence-corrected chi connectivity index (χ2v) is 7.32. The Morgan fingerprint density at radius 1 is 0.958 bits per heavy atom. The van der Waals surface area contributed by atoms with Crippen molar-refractivity contribution in [3.8, 4) is 11.1 Å². The highest BCUT2D eigenvalue weighted by molar-refractivity contribution is 5.62. The van der Waals surface area contributed by atoms with Crippen LogP contribution in [-0.4, -0.2) is 34.1 Å². The Balaban J connectivity index is 1.45. The molecule has 0 bridgehead atoms. The molecule has 3 heteroatoms. The fourth-order valence-electron chi connectivity index (χ4n) is 4.35. The summed E-state index contributed by atoms with van der Waals surface area (Å²) in [7, 11) is 0. The molecule has 0 radical (unpaired) electrons. The van der Waals surface area contributed by atoms with Crippen LogP contribution in [-0.2, 0) is 5.60 Å². The van der Waals surface area contributed by atoms with E-state index >= 15 is 0 Å². The van der Waals surface area contributed by atoms with Gasteiger partial charge in [0.2, 0.25) is 0 Å². The van der Waals surface area contributed by atoms with Gasteiger partial charge < -0.3 is 10.0 Å². The summed E-state index contributed by atoms with van der Waals surface area (Å²) in [5, 5.41) is 11.1. The molecule has 2 heterocycles. The molecular weight excluding hydrogens is 296 g/mol. The van der Waals surface area contributed by atoms with Crippen molar-refractivity contribution in [3.05, 3.63) is 54.4 Å². The number of aromatic nitrogens is 1. The molecule has 1 saturated heterocycles. The molecule has 1 aromatic carbocycles. The second kappa shape index (κ2) is 6.66. The van der Waals surface area contributed by atoms with E-state index in [9.17, 15) is 5.11 Å². The highest BCUT2D eigenvalue weighted by atomic mass is 16.3. The molecule has 126 valence electrons. The minimum Gasteiger partial charge on any atom is -0.385 e. The maximum atomic E-state index is 11.1. The smallest absolute Gasteiger partial charge is 0.0897 e. The van der Waals surface area contributed by atoms with Crippen LogP contribution >= 0.6 is 0 Å². The summed E-state index contributed by atoms with van der Waals surface area (Å²) < 4.78 is 0. The normalized spacial score (nSPS) is 28.1. The van der Waals surface area contributed by atoms with Crippen molar-refractivity contribution in [2.24, 2.45) is 0 Å². The lowest BCUT2D eigenvalue weighted by atomic mass is 9.77. The van der Waals surface area contributed by atoms with E-state index < -0.39 is 5.60 Å². The predicted molar refractivity (Wildman–Crippen MR) is 96.6 cm³/mol. The van der Waals surface area contributed by atoms with Gasteiger partial charge >= 0.3 is 0 Å². The lowest BCUT2D eigenvalue weighted by Crippen LogP contribution is -2.41. The molecule has 1 aliphatic carbocycles. The molecule has 0 unspecified atom stereocenters. The van der Waals surface area contributed by atoms with Crippen LogP contribution < -0.4 is 0 Å². The maximum absolute atomic E-state index is 11.1. The van der Waals surface area contributed by atoms with Gasteiger partial charge in [-0.05, 0) is 74.4 Å². The number of nitrogens with zero attached hydrogens (tertiary/aromatic N) is 2. The van der Waals surface area contributed by atoms with Gasteiger partial charge in [0.25, 0.3) is 0 Å². The monoisotopic (exact) mass is 322 g/mol. The summed E-state index contributed by atoms with van der Waals surface area (Å²) >= 11 is 0. The number of benzene rings is 1. The molecule has 3 nitrogen and oxygen atoms in total. The van der Waals surface area contributed by atoms with Crippen LogP contribution in [0.25, 0.3) is 11.1 Å². The van der Waals surface area contributed by atoms with E-state index in [1.54, 1.807) is 6.20 Å². The first-order valence-electron chi connectivity index (χ1n) is 9.22. The van der Waals surface area contributed by atoms with Crippen LogP contribution in [0.4, 0.5) is 0 Å². The van der Waals surface area contributed by atoms with E-state index in [0.717, 1.165) is 42.4 Å². The van der Waals surface area contributed by atoms with Crippen LogP contribution in [0.3, 0.4) is 0 Å².